The zero-order chi connectivity index (χ0) is 15.4. The Morgan fingerprint density at radius 2 is 1.82 bits per heavy atom. The molecule has 0 aliphatic rings. The summed E-state index contributed by atoms with van der Waals surface area (Å²) in [4.78, 5) is 12.2. The second-order valence-corrected chi connectivity index (χ2v) is 4.69. The molecule has 1 amide bonds. The van der Waals surface area contributed by atoms with Crippen molar-refractivity contribution < 1.29 is 4.79 Å². The predicted octanol–water partition coefficient (Wildman–Crippen LogP) is 1.51. The third-order valence-electron chi connectivity index (χ3n) is 3.20. The molecule has 7 nitrogen and oxygen atoms in total. The van der Waals surface area contributed by atoms with Gasteiger partial charge < -0.3 is 11.1 Å². The summed E-state index contributed by atoms with van der Waals surface area (Å²) >= 11 is 0. The van der Waals surface area contributed by atoms with Crippen molar-refractivity contribution in [1.29, 1.82) is 0 Å². The van der Waals surface area contributed by atoms with E-state index in [0.717, 1.165) is 11.1 Å². The second-order valence-electron chi connectivity index (χ2n) is 4.69. The Bertz CT molecular complexity index is 739. The number of amides is 1. The first kappa shape index (κ1) is 13.9. The van der Waals surface area contributed by atoms with Crippen LogP contribution >= 0.6 is 0 Å². The van der Waals surface area contributed by atoms with E-state index in [1.807, 2.05) is 30.3 Å². The Hall–Kier alpha value is -3.06. The van der Waals surface area contributed by atoms with Crippen LogP contribution in [0.5, 0.6) is 0 Å². The molecule has 0 unspecified atom stereocenters. The molecule has 110 valence electrons. The zero-order valence-electron chi connectivity index (χ0n) is 11.6. The number of carbonyl (C=O) groups is 1. The first-order valence-corrected chi connectivity index (χ1v) is 6.69. The van der Waals surface area contributed by atoms with Gasteiger partial charge in [0.25, 0.3) is 0 Å². The zero-order valence-corrected chi connectivity index (χ0v) is 11.6. The van der Waals surface area contributed by atoms with Crippen molar-refractivity contribution in [3.05, 3.63) is 60.2 Å². The molecule has 0 fully saturated rings. The highest BCUT2D eigenvalue weighted by Crippen LogP contribution is 2.18. The molecule has 0 aliphatic carbocycles. The van der Waals surface area contributed by atoms with Crippen LogP contribution in [0.4, 0.5) is 5.69 Å². The fourth-order valence-electron chi connectivity index (χ4n) is 2.02. The Morgan fingerprint density at radius 3 is 2.45 bits per heavy atom. The first-order valence-electron chi connectivity index (χ1n) is 6.69. The average molecular weight is 294 g/mol. The number of rotatable bonds is 4. The van der Waals surface area contributed by atoms with Crippen LogP contribution in [0.15, 0.2) is 54.6 Å². The number of aromatic nitrogens is 4. The predicted molar refractivity (Wildman–Crippen MR) is 81.6 cm³/mol. The molecule has 3 aromatic rings. The lowest BCUT2D eigenvalue weighted by atomic mass is 10.1. The highest BCUT2D eigenvalue weighted by atomic mass is 16.2. The molecule has 7 heteroatoms. The Labute approximate surface area is 126 Å². The van der Waals surface area contributed by atoms with Crippen LogP contribution in [-0.4, -0.2) is 26.5 Å². The van der Waals surface area contributed by atoms with Gasteiger partial charge in [0.15, 0.2) is 0 Å². The van der Waals surface area contributed by atoms with E-state index < -0.39 is 6.04 Å². The van der Waals surface area contributed by atoms with Gasteiger partial charge in [-0.2, -0.15) is 5.21 Å². The maximum Gasteiger partial charge on any atom is 0.245 e. The maximum absolute atomic E-state index is 12.2. The molecule has 0 bridgehead atoms. The van der Waals surface area contributed by atoms with Crippen molar-refractivity contribution in [1.82, 2.24) is 20.6 Å². The van der Waals surface area contributed by atoms with Gasteiger partial charge in [0.2, 0.25) is 11.7 Å². The summed E-state index contributed by atoms with van der Waals surface area (Å²) in [6.45, 7) is 0. The fraction of sp³-hybridized carbons (Fsp3) is 0.0667. The number of benzene rings is 2. The summed E-state index contributed by atoms with van der Waals surface area (Å²) < 4.78 is 0. The lowest BCUT2D eigenvalue weighted by molar-refractivity contribution is -0.117. The van der Waals surface area contributed by atoms with Crippen molar-refractivity contribution >= 4 is 11.6 Å². The van der Waals surface area contributed by atoms with Gasteiger partial charge in [-0.15, -0.1) is 10.2 Å². The van der Waals surface area contributed by atoms with Gasteiger partial charge in [0.1, 0.15) is 6.04 Å². The smallest absolute Gasteiger partial charge is 0.245 e. The van der Waals surface area contributed by atoms with Crippen LogP contribution in [0.2, 0.25) is 0 Å². The number of anilines is 1. The van der Waals surface area contributed by atoms with Crippen LogP contribution in [0.3, 0.4) is 0 Å². The number of nitrogens with zero attached hydrogens (tertiary/aromatic N) is 3. The van der Waals surface area contributed by atoms with Gasteiger partial charge in [-0.25, -0.2) is 0 Å². The van der Waals surface area contributed by atoms with Gasteiger partial charge in [-0.3, -0.25) is 4.79 Å². The van der Waals surface area contributed by atoms with Gasteiger partial charge in [0.05, 0.1) is 0 Å². The Balaban J connectivity index is 1.69. The number of hydrogen-bond acceptors (Lipinski definition) is 5. The molecular formula is C15H14N6O. The lowest BCUT2D eigenvalue weighted by Gasteiger charge is -2.12. The topological polar surface area (TPSA) is 110 Å². The Morgan fingerprint density at radius 1 is 1.09 bits per heavy atom. The van der Waals surface area contributed by atoms with Crippen molar-refractivity contribution in [2.75, 3.05) is 5.32 Å². The number of H-pyrrole nitrogens is 1. The monoisotopic (exact) mass is 294 g/mol. The summed E-state index contributed by atoms with van der Waals surface area (Å²) in [5, 5.41) is 16.5. The molecule has 1 aromatic heterocycles. The maximum atomic E-state index is 12.2. The lowest BCUT2D eigenvalue weighted by Crippen LogP contribution is -2.27. The molecule has 0 saturated carbocycles. The van der Waals surface area contributed by atoms with Crippen LogP contribution in [-0.2, 0) is 4.79 Å². The van der Waals surface area contributed by atoms with E-state index in [0.29, 0.717) is 11.5 Å². The molecule has 0 saturated heterocycles. The number of carbonyl (C=O) groups excluding carboxylic acids is 1. The summed E-state index contributed by atoms with van der Waals surface area (Å²) in [6, 6.07) is 15.6. The van der Waals surface area contributed by atoms with Crippen LogP contribution in [0, 0.1) is 0 Å². The molecule has 1 heterocycles. The molecule has 0 aliphatic heterocycles. The van der Waals surface area contributed by atoms with Crippen LogP contribution < -0.4 is 11.1 Å². The van der Waals surface area contributed by atoms with Crippen molar-refractivity contribution in [3.63, 3.8) is 0 Å². The van der Waals surface area contributed by atoms with E-state index in [1.54, 1.807) is 24.3 Å². The minimum atomic E-state index is -0.710. The largest absolute Gasteiger partial charge is 0.324 e. The minimum absolute atomic E-state index is 0.265. The van der Waals surface area contributed by atoms with Gasteiger partial charge in [-0.05, 0) is 35.0 Å². The minimum Gasteiger partial charge on any atom is -0.324 e. The Kier molecular flexibility index (Phi) is 3.88. The summed E-state index contributed by atoms with van der Waals surface area (Å²) in [5.41, 5.74) is 8.18. The number of nitrogens with two attached hydrogens (primary N) is 1. The molecule has 1 atom stereocenters. The van der Waals surface area contributed by atoms with E-state index in [4.69, 9.17) is 5.73 Å². The molecule has 4 N–H and O–H groups in total. The number of tetrazole rings is 1. The molecule has 3 rings (SSSR count). The third kappa shape index (κ3) is 2.99. The first-order chi connectivity index (χ1) is 10.7. The van der Waals surface area contributed by atoms with E-state index >= 15 is 0 Å². The summed E-state index contributed by atoms with van der Waals surface area (Å²) in [6.07, 6.45) is 0. The second kappa shape index (κ2) is 6.15. The van der Waals surface area contributed by atoms with Crippen molar-refractivity contribution in [2.24, 2.45) is 5.73 Å². The van der Waals surface area contributed by atoms with E-state index in [-0.39, 0.29) is 5.91 Å². The molecular weight excluding hydrogens is 280 g/mol. The van der Waals surface area contributed by atoms with Gasteiger partial charge in [0, 0.05) is 11.3 Å². The van der Waals surface area contributed by atoms with Gasteiger partial charge in [-0.1, -0.05) is 30.3 Å². The normalized spacial score (nSPS) is 11.9. The van der Waals surface area contributed by atoms with Gasteiger partial charge >= 0.3 is 0 Å². The average Bonchev–Trinajstić information content (AvgIpc) is 3.10. The molecule has 0 spiro atoms. The van der Waals surface area contributed by atoms with Crippen LogP contribution in [0.1, 0.15) is 11.6 Å². The SMILES string of the molecule is N[C@H](C(=O)Nc1ccc(-c2nn[nH]n2)cc1)c1ccccc1. The molecule has 22 heavy (non-hydrogen) atoms. The molecule has 0 radical (unpaired) electrons. The third-order valence-corrected chi connectivity index (χ3v) is 3.20. The highest BCUT2D eigenvalue weighted by molar-refractivity contribution is 5.95. The van der Waals surface area contributed by atoms with Crippen molar-refractivity contribution in [3.8, 4) is 11.4 Å². The fourth-order valence-corrected chi connectivity index (χ4v) is 2.02. The van der Waals surface area contributed by atoms with Crippen molar-refractivity contribution in [2.45, 2.75) is 6.04 Å². The summed E-state index contributed by atoms with van der Waals surface area (Å²) in [7, 11) is 0. The number of nitrogens with one attached hydrogen (secondary N) is 2. The standard InChI is InChI=1S/C15H14N6O/c16-13(10-4-2-1-3-5-10)15(22)17-12-8-6-11(7-9-12)14-18-20-21-19-14/h1-9,13H,16H2,(H,17,22)(H,18,19,20,21)/t13-/m0/s1. The van der Waals surface area contributed by atoms with Crippen LogP contribution in [0.25, 0.3) is 11.4 Å². The quantitative estimate of drug-likeness (QED) is 0.675. The highest BCUT2D eigenvalue weighted by Gasteiger charge is 2.15. The molecule has 2 aromatic carbocycles. The number of hydrogen-bond donors (Lipinski definition) is 3. The van der Waals surface area contributed by atoms with E-state index in [1.165, 1.54) is 0 Å². The number of aromatic amines is 1. The summed E-state index contributed by atoms with van der Waals surface area (Å²) in [5.74, 6) is 0.234. The van der Waals surface area contributed by atoms with E-state index in [2.05, 4.69) is 25.9 Å². The van der Waals surface area contributed by atoms with E-state index in [9.17, 15) is 4.79 Å².